The zero-order valence-electron chi connectivity index (χ0n) is 14.8. The highest BCUT2D eigenvalue weighted by molar-refractivity contribution is 5.77. The molecule has 1 N–H and O–H groups in total. The second-order valence-electron chi connectivity index (χ2n) is 6.88. The van der Waals surface area contributed by atoms with Crippen LogP contribution in [0.15, 0.2) is 24.3 Å². The highest BCUT2D eigenvalue weighted by Gasteiger charge is 2.27. The SMILES string of the molecule is COc1ccccc1C(CNC(=O)C(C)C)N1CCC(C)CC1. The molecule has 1 saturated heterocycles. The van der Waals surface area contributed by atoms with Gasteiger partial charge in [0.1, 0.15) is 5.75 Å². The van der Waals surface area contributed by atoms with E-state index in [1.807, 2.05) is 32.0 Å². The summed E-state index contributed by atoms with van der Waals surface area (Å²) in [5.74, 6) is 1.80. The lowest BCUT2D eigenvalue weighted by Gasteiger charge is -2.37. The molecule has 0 aromatic heterocycles. The average Bonchev–Trinajstić information content (AvgIpc) is 2.56. The molecule has 1 aliphatic rings. The van der Waals surface area contributed by atoms with Gasteiger partial charge in [-0.1, -0.05) is 39.0 Å². The smallest absolute Gasteiger partial charge is 0.222 e. The van der Waals surface area contributed by atoms with Crippen molar-refractivity contribution in [2.24, 2.45) is 11.8 Å². The number of nitrogens with zero attached hydrogens (tertiary/aromatic N) is 1. The normalized spacial score (nSPS) is 18.0. The van der Waals surface area contributed by atoms with Crippen molar-refractivity contribution in [3.05, 3.63) is 29.8 Å². The molecule has 1 aromatic carbocycles. The minimum Gasteiger partial charge on any atom is -0.496 e. The number of likely N-dealkylation sites (tertiary alicyclic amines) is 1. The summed E-state index contributed by atoms with van der Waals surface area (Å²) < 4.78 is 5.55. The van der Waals surface area contributed by atoms with Gasteiger partial charge in [0.2, 0.25) is 5.91 Å². The highest BCUT2D eigenvalue weighted by Crippen LogP contribution is 2.31. The van der Waals surface area contributed by atoms with Crippen LogP contribution in [0, 0.1) is 11.8 Å². The Morgan fingerprint density at radius 1 is 1.30 bits per heavy atom. The predicted octanol–water partition coefficient (Wildman–Crippen LogP) is 3.24. The molecule has 0 bridgehead atoms. The molecular weight excluding hydrogens is 288 g/mol. The predicted molar refractivity (Wildman–Crippen MR) is 93.6 cm³/mol. The largest absolute Gasteiger partial charge is 0.496 e. The van der Waals surface area contributed by atoms with Crippen molar-refractivity contribution >= 4 is 5.91 Å². The van der Waals surface area contributed by atoms with Gasteiger partial charge in [-0.05, 0) is 37.9 Å². The Hall–Kier alpha value is -1.55. The summed E-state index contributed by atoms with van der Waals surface area (Å²) in [4.78, 5) is 14.5. The molecule has 0 spiro atoms. The summed E-state index contributed by atoms with van der Waals surface area (Å²) in [6, 6.07) is 8.32. The van der Waals surface area contributed by atoms with Gasteiger partial charge < -0.3 is 10.1 Å². The highest BCUT2D eigenvalue weighted by atomic mass is 16.5. The number of hydrogen-bond donors (Lipinski definition) is 1. The van der Waals surface area contributed by atoms with E-state index in [9.17, 15) is 4.79 Å². The van der Waals surface area contributed by atoms with E-state index in [0.717, 1.165) is 30.3 Å². The molecule has 2 rings (SSSR count). The average molecular weight is 318 g/mol. The van der Waals surface area contributed by atoms with Gasteiger partial charge in [-0.25, -0.2) is 0 Å². The van der Waals surface area contributed by atoms with Crippen molar-refractivity contribution < 1.29 is 9.53 Å². The quantitative estimate of drug-likeness (QED) is 0.875. The number of piperidine rings is 1. The lowest BCUT2D eigenvalue weighted by atomic mass is 9.95. The summed E-state index contributed by atoms with van der Waals surface area (Å²) in [6.07, 6.45) is 2.42. The Kier molecular flexibility index (Phi) is 6.46. The van der Waals surface area contributed by atoms with Crippen LogP contribution in [0.3, 0.4) is 0 Å². The molecule has 4 heteroatoms. The van der Waals surface area contributed by atoms with E-state index < -0.39 is 0 Å². The van der Waals surface area contributed by atoms with E-state index in [1.54, 1.807) is 7.11 Å². The molecule has 1 aliphatic heterocycles. The number of carbonyl (C=O) groups excluding carboxylic acids is 1. The lowest BCUT2D eigenvalue weighted by Crippen LogP contribution is -2.42. The Balaban J connectivity index is 2.18. The van der Waals surface area contributed by atoms with Crippen molar-refractivity contribution in [3.8, 4) is 5.75 Å². The van der Waals surface area contributed by atoms with Gasteiger partial charge in [0, 0.05) is 18.0 Å². The molecule has 23 heavy (non-hydrogen) atoms. The van der Waals surface area contributed by atoms with Crippen LogP contribution in [0.1, 0.15) is 45.2 Å². The Labute approximate surface area is 140 Å². The van der Waals surface area contributed by atoms with Crippen LogP contribution in [0.5, 0.6) is 5.75 Å². The first-order valence-corrected chi connectivity index (χ1v) is 8.67. The number of nitrogens with one attached hydrogen (secondary N) is 1. The number of amides is 1. The standard InChI is InChI=1S/C19H30N2O2/c1-14(2)19(22)20-13-17(21-11-9-15(3)10-12-21)16-7-5-6-8-18(16)23-4/h5-8,14-15,17H,9-13H2,1-4H3,(H,20,22). The third-order valence-corrected chi connectivity index (χ3v) is 4.75. The maximum absolute atomic E-state index is 12.0. The number of para-hydroxylation sites is 1. The fraction of sp³-hybridized carbons (Fsp3) is 0.632. The number of methoxy groups -OCH3 is 1. The molecule has 1 unspecified atom stereocenters. The second kappa shape index (κ2) is 8.34. The first-order chi connectivity index (χ1) is 11.0. The molecule has 0 aliphatic carbocycles. The number of carbonyl (C=O) groups is 1. The van der Waals surface area contributed by atoms with Crippen LogP contribution < -0.4 is 10.1 Å². The number of ether oxygens (including phenoxy) is 1. The van der Waals surface area contributed by atoms with Crippen LogP contribution in [0.4, 0.5) is 0 Å². The summed E-state index contributed by atoms with van der Waals surface area (Å²) in [7, 11) is 1.71. The van der Waals surface area contributed by atoms with Gasteiger partial charge in [-0.3, -0.25) is 9.69 Å². The summed E-state index contributed by atoms with van der Waals surface area (Å²) >= 11 is 0. The lowest BCUT2D eigenvalue weighted by molar-refractivity contribution is -0.124. The zero-order chi connectivity index (χ0) is 16.8. The van der Waals surface area contributed by atoms with Crippen LogP contribution in [0.25, 0.3) is 0 Å². The van der Waals surface area contributed by atoms with Crippen molar-refractivity contribution in [2.75, 3.05) is 26.7 Å². The molecule has 4 nitrogen and oxygen atoms in total. The molecule has 1 atom stereocenters. The molecule has 1 fully saturated rings. The molecule has 1 heterocycles. The molecule has 1 aromatic rings. The number of hydrogen-bond acceptors (Lipinski definition) is 3. The topological polar surface area (TPSA) is 41.6 Å². The van der Waals surface area contributed by atoms with Crippen LogP contribution in [0.2, 0.25) is 0 Å². The Morgan fingerprint density at radius 2 is 1.96 bits per heavy atom. The second-order valence-corrected chi connectivity index (χ2v) is 6.88. The third-order valence-electron chi connectivity index (χ3n) is 4.75. The van der Waals surface area contributed by atoms with Crippen molar-refractivity contribution in [1.29, 1.82) is 0 Å². The van der Waals surface area contributed by atoms with Gasteiger partial charge >= 0.3 is 0 Å². The van der Waals surface area contributed by atoms with Gasteiger partial charge in [0.15, 0.2) is 0 Å². The van der Waals surface area contributed by atoms with Crippen molar-refractivity contribution in [2.45, 2.75) is 39.7 Å². The monoisotopic (exact) mass is 318 g/mol. The van der Waals surface area contributed by atoms with Gasteiger partial charge in [0.25, 0.3) is 0 Å². The molecule has 1 amide bonds. The van der Waals surface area contributed by atoms with Gasteiger partial charge in [0.05, 0.1) is 13.2 Å². The maximum Gasteiger partial charge on any atom is 0.222 e. The molecule has 128 valence electrons. The van der Waals surface area contributed by atoms with Gasteiger partial charge in [-0.15, -0.1) is 0 Å². The summed E-state index contributed by atoms with van der Waals surface area (Å²) in [5.41, 5.74) is 1.16. The first kappa shape index (κ1) is 17.8. The fourth-order valence-corrected chi connectivity index (χ4v) is 3.12. The first-order valence-electron chi connectivity index (χ1n) is 8.67. The van der Waals surface area contributed by atoms with Gasteiger partial charge in [-0.2, -0.15) is 0 Å². The van der Waals surface area contributed by atoms with Crippen molar-refractivity contribution in [1.82, 2.24) is 10.2 Å². The van der Waals surface area contributed by atoms with E-state index >= 15 is 0 Å². The minimum absolute atomic E-state index is 0.00898. The van der Waals surface area contributed by atoms with E-state index in [0.29, 0.717) is 6.54 Å². The summed E-state index contributed by atoms with van der Waals surface area (Å²) in [6.45, 7) is 8.94. The maximum atomic E-state index is 12.0. The third kappa shape index (κ3) is 4.71. The molecular formula is C19H30N2O2. The van der Waals surface area contributed by atoms with E-state index in [-0.39, 0.29) is 17.9 Å². The summed E-state index contributed by atoms with van der Waals surface area (Å²) in [5, 5.41) is 3.10. The number of benzene rings is 1. The Bertz CT molecular complexity index is 508. The Morgan fingerprint density at radius 3 is 2.57 bits per heavy atom. The minimum atomic E-state index is 0.00898. The molecule has 0 saturated carbocycles. The van der Waals surface area contributed by atoms with Crippen LogP contribution >= 0.6 is 0 Å². The zero-order valence-corrected chi connectivity index (χ0v) is 14.8. The van der Waals surface area contributed by atoms with Crippen molar-refractivity contribution in [3.63, 3.8) is 0 Å². The molecule has 0 radical (unpaired) electrons. The van der Waals surface area contributed by atoms with E-state index in [2.05, 4.69) is 23.2 Å². The number of rotatable bonds is 6. The van der Waals surface area contributed by atoms with Crippen LogP contribution in [-0.2, 0) is 4.79 Å². The van der Waals surface area contributed by atoms with E-state index in [4.69, 9.17) is 4.74 Å². The van der Waals surface area contributed by atoms with E-state index in [1.165, 1.54) is 12.8 Å². The fourth-order valence-electron chi connectivity index (χ4n) is 3.12. The van der Waals surface area contributed by atoms with Crippen LogP contribution in [-0.4, -0.2) is 37.6 Å².